The number of anilines is 3. The van der Waals surface area contributed by atoms with Crippen LogP contribution in [0.15, 0.2) is 65.0 Å². The molecule has 2 heterocycles. The zero-order valence-corrected chi connectivity index (χ0v) is 13.9. The van der Waals surface area contributed by atoms with Crippen molar-refractivity contribution in [3.63, 3.8) is 0 Å². The Morgan fingerprint density at radius 3 is 2.91 bits per heavy atom. The summed E-state index contributed by atoms with van der Waals surface area (Å²) in [5.41, 5.74) is 2.31. The summed E-state index contributed by atoms with van der Waals surface area (Å²) in [4.78, 5) is 7.62. The predicted molar refractivity (Wildman–Crippen MR) is 97.0 cm³/mol. The summed E-state index contributed by atoms with van der Waals surface area (Å²) in [6.45, 7) is 1.55. The molecule has 0 bridgehead atoms. The fraction of sp³-hybridized carbons (Fsp3) is 0.118. The lowest BCUT2D eigenvalue weighted by Gasteiger charge is -2.31. The highest BCUT2D eigenvalue weighted by Gasteiger charge is 2.19. The van der Waals surface area contributed by atoms with E-state index in [-0.39, 0.29) is 0 Å². The quantitative estimate of drug-likeness (QED) is 0.690. The van der Waals surface area contributed by atoms with Gasteiger partial charge < -0.3 is 14.4 Å². The van der Waals surface area contributed by atoms with Crippen molar-refractivity contribution in [3.05, 3.63) is 60.1 Å². The molecule has 0 saturated carbocycles. The van der Waals surface area contributed by atoms with Gasteiger partial charge in [0.1, 0.15) is 12.4 Å². The molecular formula is C17H15N3OS2. The normalized spacial score (nSPS) is 13.3. The molecule has 3 aromatic rings. The van der Waals surface area contributed by atoms with Crippen molar-refractivity contribution in [3.8, 4) is 5.75 Å². The minimum Gasteiger partial charge on any atom is -0.489 e. The molecule has 0 aliphatic carbocycles. The predicted octanol–water partition coefficient (Wildman–Crippen LogP) is 4.79. The number of hydrogen-bond donors (Lipinski definition) is 1. The lowest BCUT2D eigenvalue weighted by Crippen LogP contribution is -2.28. The number of hydrogen-bond acceptors (Lipinski definition) is 6. The molecule has 1 N–H and O–H groups in total. The molecule has 0 spiro atoms. The molecule has 4 nitrogen and oxygen atoms in total. The molecule has 116 valence electrons. The average molecular weight is 341 g/mol. The third-order valence-electron chi connectivity index (χ3n) is 3.55. The molecule has 4 rings (SSSR count). The number of ether oxygens (including phenoxy) is 1. The van der Waals surface area contributed by atoms with E-state index in [2.05, 4.69) is 57.1 Å². The van der Waals surface area contributed by atoms with E-state index in [1.807, 2.05) is 11.4 Å². The maximum absolute atomic E-state index is 5.86. The van der Waals surface area contributed by atoms with Crippen LogP contribution in [0.1, 0.15) is 0 Å². The molecular weight excluding hydrogens is 326 g/mol. The second-order valence-corrected chi connectivity index (χ2v) is 6.78. The number of nitrogens with zero attached hydrogens (tertiary/aromatic N) is 2. The van der Waals surface area contributed by atoms with Gasteiger partial charge in [-0.25, -0.2) is 4.98 Å². The van der Waals surface area contributed by atoms with Crippen molar-refractivity contribution in [1.82, 2.24) is 4.98 Å². The highest BCUT2D eigenvalue weighted by atomic mass is 32.2. The van der Waals surface area contributed by atoms with Gasteiger partial charge in [-0.3, -0.25) is 0 Å². The Hall–Kier alpha value is -2.18. The molecule has 0 fully saturated rings. The lowest BCUT2D eigenvalue weighted by molar-refractivity contribution is 0.313. The maximum atomic E-state index is 5.86. The zero-order valence-electron chi connectivity index (χ0n) is 12.3. The van der Waals surface area contributed by atoms with E-state index in [0.29, 0.717) is 6.61 Å². The van der Waals surface area contributed by atoms with Crippen LogP contribution < -0.4 is 14.4 Å². The van der Waals surface area contributed by atoms with Gasteiger partial charge in [0.25, 0.3) is 0 Å². The molecule has 2 aromatic carbocycles. The van der Waals surface area contributed by atoms with Crippen LogP contribution in [0.5, 0.6) is 5.75 Å². The van der Waals surface area contributed by atoms with Crippen molar-refractivity contribution >= 4 is 39.8 Å². The Kier molecular flexibility index (Phi) is 4.08. The van der Waals surface area contributed by atoms with Crippen LogP contribution in [0.25, 0.3) is 0 Å². The van der Waals surface area contributed by atoms with Gasteiger partial charge >= 0.3 is 0 Å². The van der Waals surface area contributed by atoms with Crippen molar-refractivity contribution in [2.75, 3.05) is 22.8 Å². The first-order chi connectivity index (χ1) is 11.4. The second-order valence-electron chi connectivity index (χ2n) is 5.01. The van der Waals surface area contributed by atoms with E-state index in [4.69, 9.17) is 4.74 Å². The van der Waals surface area contributed by atoms with E-state index in [0.717, 1.165) is 28.0 Å². The number of rotatable bonds is 4. The first kappa shape index (κ1) is 14.4. The van der Waals surface area contributed by atoms with Gasteiger partial charge in [-0.1, -0.05) is 18.2 Å². The summed E-state index contributed by atoms with van der Waals surface area (Å²) >= 11 is 3.13. The van der Waals surface area contributed by atoms with Crippen LogP contribution >= 0.6 is 23.3 Å². The van der Waals surface area contributed by atoms with Crippen LogP contribution in [0.2, 0.25) is 0 Å². The number of aromatic nitrogens is 1. The van der Waals surface area contributed by atoms with Crippen molar-refractivity contribution in [2.24, 2.45) is 0 Å². The molecule has 1 aliphatic heterocycles. The highest BCUT2D eigenvalue weighted by Crippen LogP contribution is 2.39. The minimum absolute atomic E-state index is 0.690. The zero-order chi connectivity index (χ0) is 15.5. The minimum atomic E-state index is 0.690. The summed E-state index contributed by atoms with van der Waals surface area (Å²) in [5, 5.41) is 2.86. The summed E-state index contributed by atoms with van der Waals surface area (Å²) < 4.78 is 9.10. The molecule has 1 aromatic heterocycles. The molecule has 1 aliphatic rings. The molecule has 0 radical (unpaired) electrons. The monoisotopic (exact) mass is 341 g/mol. The van der Waals surface area contributed by atoms with Crippen LogP contribution in [0.3, 0.4) is 0 Å². The molecule has 6 heteroatoms. The second kappa shape index (κ2) is 6.52. The Labute approximate surface area is 143 Å². The van der Waals surface area contributed by atoms with Crippen molar-refractivity contribution in [1.29, 1.82) is 0 Å². The molecule has 0 unspecified atom stereocenters. The molecule has 0 atom stereocenters. The Morgan fingerprint density at radius 2 is 2.09 bits per heavy atom. The highest BCUT2D eigenvalue weighted by molar-refractivity contribution is 8.00. The summed E-state index contributed by atoms with van der Waals surface area (Å²) in [6, 6.07) is 16.7. The van der Waals surface area contributed by atoms with E-state index < -0.39 is 0 Å². The summed E-state index contributed by atoms with van der Waals surface area (Å²) in [6.07, 6.45) is 1.79. The Balaban J connectivity index is 1.56. The fourth-order valence-corrected chi connectivity index (χ4v) is 3.77. The molecule has 0 saturated heterocycles. The van der Waals surface area contributed by atoms with E-state index in [1.54, 1.807) is 29.5 Å². The van der Waals surface area contributed by atoms with Crippen LogP contribution in [0, 0.1) is 0 Å². The van der Waals surface area contributed by atoms with Gasteiger partial charge in [0.05, 0.1) is 12.2 Å². The average Bonchev–Trinajstić information content (AvgIpc) is 3.13. The smallest absolute Gasteiger partial charge is 0.192 e. The van der Waals surface area contributed by atoms with Gasteiger partial charge in [-0.05, 0) is 42.3 Å². The Bertz CT molecular complexity index is 778. The third-order valence-corrected chi connectivity index (χ3v) is 5.15. The number of nitrogens with one attached hydrogen (secondary N) is 1. The molecule has 23 heavy (non-hydrogen) atoms. The summed E-state index contributed by atoms with van der Waals surface area (Å²) in [7, 11) is 0. The topological polar surface area (TPSA) is 37.4 Å². The van der Waals surface area contributed by atoms with Crippen molar-refractivity contribution in [2.45, 2.75) is 4.90 Å². The molecule has 0 amide bonds. The van der Waals surface area contributed by atoms with E-state index in [1.165, 1.54) is 5.69 Å². The number of benzene rings is 2. The first-order valence-electron chi connectivity index (χ1n) is 7.32. The first-order valence-corrected chi connectivity index (χ1v) is 9.01. The third kappa shape index (κ3) is 3.13. The van der Waals surface area contributed by atoms with Gasteiger partial charge in [-0.2, -0.15) is 0 Å². The standard InChI is InChI=1S/C17H15N3OS2/c1-2-4-13(5-3-1)20-9-10-21-16-12-14(6-7-15(16)20)23-19-17-18-8-11-22-17/h1-8,11-12H,9-10H2,(H,18,19). The fourth-order valence-electron chi connectivity index (χ4n) is 2.52. The maximum Gasteiger partial charge on any atom is 0.192 e. The largest absolute Gasteiger partial charge is 0.489 e. The van der Waals surface area contributed by atoms with E-state index >= 15 is 0 Å². The van der Waals surface area contributed by atoms with Crippen LogP contribution in [-0.2, 0) is 0 Å². The van der Waals surface area contributed by atoms with Gasteiger partial charge in [-0.15, -0.1) is 11.3 Å². The van der Waals surface area contributed by atoms with Gasteiger partial charge in [0.15, 0.2) is 5.13 Å². The van der Waals surface area contributed by atoms with Crippen molar-refractivity contribution < 1.29 is 4.74 Å². The Morgan fingerprint density at radius 1 is 1.17 bits per heavy atom. The SMILES string of the molecule is c1ccc(N2CCOc3cc(SNc4nccs4)ccc32)cc1. The van der Waals surface area contributed by atoms with Gasteiger partial charge in [0, 0.05) is 22.2 Å². The number of para-hydroxylation sites is 1. The number of thiazole rings is 1. The summed E-state index contributed by atoms with van der Waals surface area (Å²) in [5.74, 6) is 0.922. The van der Waals surface area contributed by atoms with E-state index in [9.17, 15) is 0 Å². The van der Waals surface area contributed by atoms with Gasteiger partial charge in [0.2, 0.25) is 0 Å². The number of fused-ring (bicyclic) bond motifs is 1. The lowest BCUT2D eigenvalue weighted by atomic mass is 10.2. The van der Waals surface area contributed by atoms with Crippen LogP contribution in [-0.4, -0.2) is 18.1 Å². The van der Waals surface area contributed by atoms with Crippen LogP contribution in [0.4, 0.5) is 16.5 Å².